The van der Waals surface area contributed by atoms with Gasteiger partial charge in [0.2, 0.25) is 0 Å². The molecular weight excluding hydrogens is 174 g/mol. The molecule has 0 aromatic heterocycles. The van der Waals surface area contributed by atoms with Gasteiger partial charge in [-0.3, -0.25) is 0 Å². The molecule has 1 N–H and O–H groups in total. The van der Waals surface area contributed by atoms with Gasteiger partial charge in [-0.15, -0.1) is 4.91 Å². The predicted molar refractivity (Wildman–Crippen MR) is 42.4 cm³/mol. The number of carbonyl (C=O) groups is 1. The molecule has 4 nitrogen and oxygen atoms in total. The van der Waals surface area contributed by atoms with Crippen LogP contribution in [0.25, 0.3) is 0 Å². The molecule has 0 amide bonds. The first-order valence-electron chi connectivity index (χ1n) is 3.13. The third-order valence-corrected chi connectivity index (χ3v) is 1.11. The van der Waals surface area contributed by atoms with Crippen molar-refractivity contribution in [2.45, 2.75) is 26.3 Å². The molecule has 0 bridgehead atoms. The van der Waals surface area contributed by atoms with Crippen LogP contribution >= 0.6 is 0 Å². The summed E-state index contributed by atoms with van der Waals surface area (Å²) in [5, 5.41) is 10.8. The zero-order valence-electron chi connectivity index (χ0n) is 6.78. The van der Waals surface area contributed by atoms with Crippen molar-refractivity contribution >= 4 is 43.7 Å². The van der Waals surface area contributed by atoms with E-state index >= 15 is 0 Å². The van der Waals surface area contributed by atoms with Gasteiger partial charge < -0.3 is 5.11 Å². The normalized spacial score (nSPS) is 11.9. The zero-order valence-corrected chi connectivity index (χ0v) is 8.99. The molecule has 0 aromatic rings. The van der Waals surface area contributed by atoms with Crippen LogP contribution in [0.4, 0.5) is 0 Å². The first kappa shape index (κ1) is 13.9. The number of nitrogens with zero attached hydrogens (tertiary/aromatic N) is 1. The van der Waals surface area contributed by atoms with E-state index < -0.39 is 12.0 Å². The van der Waals surface area contributed by atoms with Gasteiger partial charge in [0, 0.05) is 37.7 Å². The Morgan fingerprint density at radius 3 is 2.09 bits per heavy atom. The molecule has 60 valence electrons. The molecule has 0 unspecified atom stereocenters. The van der Waals surface area contributed by atoms with E-state index in [4.69, 9.17) is 5.11 Å². The number of carboxylic acid groups (broad SMARTS) is 1. The van der Waals surface area contributed by atoms with Gasteiger partial charge in [-0.25, -0.2) is 4.79 Å². The van der Waals surface area contributed by atoms with Crippen molar-refractivity contribution in [1.82, 2.24) is 0 Å². The number of aliphatic carboxylic acids is 1. The molecule has 0 aliphatic rings. The average Bonchev–Trinajstić information content (AvgIpc) is 1.81. The smallest absolute Gasteiger partial charge is 0.332 e. The van der Waals surface area contributed by atoms with Crippen LogP contribution in [-0.2, 0) is 4.79 Å². The van der Waals surface area contributed by atoms with Crippen molar-refractivity contribution in [3.8, 4) is 0 Å². The van der Waals surface area contributed by atoms with Gasteiger partial charge in [0.15, 0.2) is 6.04 Å². The van der Waals surface area contributed by atoms with E-state index in [0.29, 0.717) is 6.42 Å². The summed E-state index contributed by atoms with van der Waals surface area (Å²) in [6.45, 7) is 3.70. The Morgan fingerprint density at radius 1 is 1.55 bits per heavy atom. The van der Waals surface area contributed by atoms with E-state index in [1.165, 1.54) is 0 Å². The summed E-state index contributed by atoms with van der Waals surface area (Å²) < 4.78 is 0. The summed E-state index contributed by atoms with van der Waals surface area (Å²) in [4.78, 5) is 20.0. The van der Waals surface area contributed by atoms with Crippen molar-refractivity contribution in [2.24, 2.45) is 11.1 Å². The number of nitroso groups, excluding NO2 is 1. The van der Waals surface area contributed by atoms with Gasteiger partial charge in [0.1, 0.15) is 0 Å². The van der Waals surface area contributed by atoms with Gasteiger partial charge in [-0.1, -0.05) is 19.0 Å². The van der Waals surface area contributed by atoms with Crippen molar-refractivity contribution in [2.75, 3.05) is 0 Å². The van der Waals surface area contributed by atoms with Gasteiger partial charge >= 0.3 is 5.97 Å². The molecule has 0 aliphatic heterocycles. The van der Waals surface area contributed by atoms with Crippen LogP contribution in [0, 0.1) is 10.8 Å². The van der Waals surface area contributed by atoms with E-state index in [1.54, 1.807) is 0 Å². The molecular formula is C6H11CaNO3. The largest absolute Gasteiger partial charge is 0.480 e. The molecule has 0 aromatic carbocycles. The Kier molecular flexibility index (Phi) is 8.84. The molecule has 0 rings (SSSR count). The number of carboxylic acids is 1. The van der Waals surface area contributed by atoms with Crippen LogP contribution in [0.15, 0.2) is 5.18 Å². The van der Waals surface area contributed by atoms with Gasteiger partial charge in [0.05, 0.1) is 0 Å². The van der Waals surface area contributed by atoms with Crippen molar-refractivity contribution in [3.05, 3.63) is 4.91 Å². The fourth-order valence-corrected chi connectivity index (χ4v) is 0.635. The minimum Gasteiger partial charge on any atom is -0.480 e. The van der Waals surface area contributed by atoms with Crippen LogP contribution in [0.5, 0.6) is 0 Å². The average molecular weight is 185 g/mol. The molecule has 0 spiro atoms. The second kappa shape index (κ2) is 7.00. The van der Waals surface area contributed by atoms with Crippen molar-refractivity contribution in [1.29, 1.82) is 0 Å². The molecule has 0 aliphatic carbocycles. The summed E-state index contributed by atoms with van der Waals surface area (Å²) in [6, 6.07) is -1.07. The first-order chi connectivity index (χ1) is 4.57. The number of hydrogen-bond acceptors (Lipinski definition) is 3. The fourth-order valence-electron chi connectivity index (χ4n) is 0.635. The van der Waals surface area contributed by atoms with Crippen LogP contribution in [0.2, 0.25) is 0 Å². The van der Waals surface area contributed by atoms with Gasteiger partial charge in [-0.05, 0) is 12.3 Å². The topological polar surface area (TPSA) is 66.7 Å². The SMILES string of the molecule is CC(C)C[C@H](N=O)C(=O)O.[Ca]. The molecule has 5 heteroatoms. The Bertz CT molecular complexity index is 138. The molecule has 1 atom stereocenters. The molecule has 2 radical (unpaired) electrons. The van der Waals surface area contributed by atoms with Crippen LogP contribution in [-0.4, -0.2) is 54.9 Å². The predicted octanol–water partition coefficient (Wildman–Crippen LogP) is 0.871. The fraction of sp³-hybridized carbons (Fsp3) is 0.833. The maximum Gasteiger partial charge on any atom is 0.332 e. The molecule has 0 heterocycles. The second-order valence-electron chi connectivity index (χ2n) is 2.59. The molecule has 11 heavy (non-hydrogen) atoms. The van der Waals surface area contributed by atoms with Crippen molar-refractivity contribution in [3.63, 3.8) is 0 Å². The van der Waals surface area contributed by atoms with Crippen LogP contribution in [0.1, 0.15) is 20.3 Å². The maximum absolute atomic E-state index is 10.2. The minimum absolute atomic E-state index is 0. The third kappa shape index (κ3) is 6.72. The number of rotatable bonds is 4. The third-order valence-electron chi connectivity index (χ3n) is 1.11. The Labute approximate surface area is 95.3 Å². The first-order valence-corrected chi connectivity index (χ1v) is 3.13. The minimum atomic E-state index is -1.14. The molecule has 0 fully saturated rings. The Morgan fingerprint density at radius 2 is 2.00 bits per heavy atom. The van der Waals surface area contributed by atoms with E-state index in [1.807, 2.05) is 13.8 Å². The monoisotopic (exact) mass is 185 g/mol. The molecule has 0 saturated heterocycles. The summed E-state index contributed by atoms with van der Waals surface area (Å²) in [5.41, 5.74) is 0. The van der Waals surface area contributed by atoms with Gasteiger partial charge in [-0.2, -0.15) is 0 Å². The van der Waals surface area contributed by atoms with Crippen LogP contribution in [0.3, 0.4) is 0 Å². The quantitative estimate of drug-likeness (QED) is 0.522. The second-order valence-corrected chi connectivity index (χ2v) is 2.59. The summed E-state index contributed by atoms with van der Waals surface area (Å²) in [5.74, 6) is -0.942. The molecule has 0 saturated carbocycles. The van der Waals surface area contributed by atoms with E-state index in [9.17, 15) is 9.70 Å². The summed E-state index contributed by atoms with van der Waals surface area (Å²) in [6.07, 6.45) is 0.318. The standard InChI is InChI=1S/C6H11NO3.Ca/c1-4(2)3-5(7-10)6(8)9;/h4-5H,3H2,1-2H3,(H,8,9);/t5-;/m0./s1. The van der Waals surface area contributed by atoms with E-state index in [-0.39, 0.29) is 43.7 Å². The van der Waals surface area contributed by atoms with E-state index in [2.05, 4.69) is 5.18 Å². The van der Waals surface area contributed by atoms with E-state index in [0.717, 1.165) is 0 Å². The summed E-state index contributed by atoms with van der Waals surface area (Å²) >= 11 is 0. The Hall–Kier alpha value is 0.330. The van der Waals surface area contributed by atoms with Crippen molar-refractivity contribution < 1.29 is 9.90 Å². The maximum atomic E-state index is 10.2. The zero-order chi connectivity index (χ0) is 8.15. The summed E-state index contributed by atoms with van der Waals surface area (Å²) in [7, 11) is 0. The Balaban J connectivity index is 0. The van der Waals surface area contributed by atoms with Gasteiger partial charge in [0.25, 0.3) is 0 Å². The van der Waals surface area contributed by atoms with Crippen LogP contribution < -0.4 is 0 Å². The number of hydrogen-bond donors (Lipinski definition) is 1.